The number of nitrogens with zero attached hydrogens (tertiary/aromatic N) is 2. The molecule has 0 spiro atoms. The standard InChI is InChI=1S/C11H19N5O/c1-4-12-11-15-8(2)7-10(16-11)14-6-5-13-9(3)17/h7H,4-6H2,1-3H3,(H,13,17)(H2,12,14,15,16). The number of rotatable bonds is 6. The van der Waals surface area contributed by atoms with Crippen molar-refractivity contribution in [1.82, 2.24) is 15.3 Å². The van der Waals surface area contributed by atoms with E-state index in [9.17, 15) is 4.79 Å². The fourth-order valence-electron chi connectivity index (χ4n) is 1.33. The van der Waals surface area contributed by atoms with Crippen LogP contribution in [0.3, 0.4) is 0 Å². The predicted molar refractivity (Wildman–Crippen MR) is 68.1 cm³/mol. The molecule has 1 aromatic rings. The van der Waals surface area contributed by atoms with E-state index in [2.05, 4.69) is 25.9 Å². The van der Waals surface area contributed by atoms with Crippen molar-refractivity contribution in [3.8, 4) is 0 Å². The molecular formula is C11H19N5O. The second-order valence-corrected chi connectivity index (χ2v) is 3.66. The fourth-order valence-corrected chi connectivity index (χ4v) is 1.33. The van der Waals surface area contributed by atoms with Crippen molar-refractivity contribution in [2.45, 2.75) is 20.8 Å². The number of nitrogens with one attached hydrogen (secondary N) is 3. The van der Waals surface area contributed by atoms with Gasteiger partial charge in [0.25, 0.3) is 0 Å². The Labute approximate surface area is 101 Å². The molecule has 0 atom stereocenters. The zero-order valence-electron chi connectivity index (χ0n) is 10.5. The molecule has 1 heterocycles. The van der Waals surface area contributed by atoms with Gasteiger partial charge in [0, 0.05) is 38.3 Å². The van der Waals surface area contributed by atoms with E-state index in [0.29, 0.717) is 19.0 Å². The van der Waals surface area contributed by atoms with Crippen LogP contribution in [-0.4, -0.2) is 35.5 Å². The van der Waals surface area contributed by atoms with Gasteiger partial charge >= 0.3 is 0 Å². The number of aryl methyl sites for hydroxylation is 1. The van der Waals surface area contributed by atoms with Gasteiger partial charge in [0.05, 0.1) is 0 Å². The maximum absolute atomic E-state index is 10.7. The fraction of sp³-hybridized carbons (Fsp3) is 0.545. The predicted octanol–water partition coefficient (Wildman–Crippen LogP) is 0.765. The summed E-state index contributed by atoms with van der Waals surface area (Å²) in [5.74, 6) is 1.35. The zero-order valence-corrected chi connectivity index (χ0v) is 10.5. The molecule has 1 amide bonds. The highest BCUT2D eigenvalue weighted by Crippen LogP contribution is 2.08. The first-order valence-corrected chi connectivity index (χ1v) is 5.69. The SMILES string of the molecule is CCNc1nc(C)cc(NCCNC(C)=O)n1. The molecule has 0 aromatic carbocycles. The minimum absolute atomic E-state index is 0.0287. The molecule has 0 saturated heterocycles. The molecule has 0 aliphatic heterocycles. The van der Waals surface area contributed by atoms with Crippen molar-refractivity contribution < 1.29 is 4.79 Å². The van der Waals surface area contributed by atoms with E-state index in [0.717, 1.165) is 18.1 Å². The van der Waals surface area contributed by atoms with Crippen molar-refractivity contribution in [1.29, 1.82) is 0 Å². The summed E-state index contributed by atoms with van der Waals surface area (Å²) in [7, 11) is 0. The highest BCUT2D eigenvalue weighted by Gasteiger charge is 2.00. The van der Waals surface area contributed by atoms with Crippen LogP contribution in [0, 0.1) is 6.92 Å². The number of carbonyl (C=O) groups is 1. The van der Waals surface area contributed by atoms with Crippen molar-refractivity contribution in [3.63, 3.8) is 0 Å². The van der Waals surface area contributed by atoms with E-state index in [1.807, 2.05) is 19.9 Å². The van der Waals surface area contributed by atoms with E-state index >= 15 is 0 Å². The number of hydrogen-bond donors (Lipinski definition) is 3. The zero-order chi connectivity index (χ0) is 12.7. The molecule has 0 aliphatic carbocycles. The van der Waals surface area contributed by atoms with Gasteiger partial charge < -0.3 is 16.0 Å². The molecule has 0 bridgehead atoms. The summed E-state index contributed by atoms with van der Waals surface area (Å²) in [4.78, 5) is 19.2. The Bertz CT molecular complexity index is 380. The van der Waals surface area contributed by atoms with Gasteiger partial charge in [0.2, 0.25) is 11.9 Å². The Balaban J connectivity index is 2.49. The third-order valence-corrected chi connectivity index (χ3v) is 1.99. The smallest absolute Gasteiger partial charge is 0.224 e. The molecule has 0 fully saturated rings. The third-order valence-electron chi connectivity index (χ3n) is 1.99. The van der Waals surface area contributed by atoms with Gasteiger partial charge in [-0.15, -0.1) is 0 Å². The molecule has 6 heteroatoms. The molecule has 0 aliphatic rings. The van der Waals surface area contributed by atoms with Crippen molar-refractivity contribution >= 4 is 17.7 Å². The first kappa shape index (κ1) is 13.2. The Morgan fingerprint density at radius 2 is 2.06 bits per heavy atom. The van der Waals surface area contributed by atoms with Gasteiger partial charge in [-0.2, -0.15) is 4.98 Å². The quantitative estimate of drug-likeness (QED) is 0.637. The first-order valence-electron chi connectivity index (χ1n) is 5.69. The highest BCUT2D eigenvalue weighted by atomic mass is 16.1. The van der Waals surface area contributed by atoms with Crippen LogP contribution in [0.15, 0.2) is 6.07 Å². The largest absolute Gasteiger partial charge is 0.368 e. The summed E-state index contributed by atoms with van der Waals surface area (Å²) >= 11 is 0. The highest BCUT2D eigenvalue weighted by molar-refractivity contribution is 5.72. The van der Waals surface area contributed by atoms with Crippen molar-refractivity contribution in [2.75, 3.05) is 30.3 Å². The van der Waals surface area contributed by atoms with Crippen LogP contribution in [0.25, 0.3) is 0 Å². The normalized spacial score (nSPS) is 9.82. The summed E-state index contributed by atoms with van der Waals surface area (Å²) in [6.07, 6.45) is 0. The maximum Gasteiger partial charge on any atom is 0.224 e. The Hall–Kier alpha value is -1.85. The summed E-state index contributed by atoms with van der Waals surface area (Å²) < 4.78 is 0. The van der Waals surface area contributed by atoms with Crippen LogP contribution in [0.1, 0.15) is 19.5 Å². The second kappa shape index (κ2) is 6.67. The minimum atomic E-state index is -0.0287. The van der Waals surface area contributed by atoms with E-state index in [1.54, 1.807) is 0 Å². The van der Waals surface area contributed by atoms with Gasteiger partial charge in [-0.3, -0.25) is 4.79 Å². The van der Waals surface area contributed by atoms with Gasteiger partial charge in [-0.1, -0.05) is 0 Å². The summed E-state index contributed by atoms with van der Waals surface area (Å²) in [5.41, 5.74) is 0.901. The Morgan fingerprint density at radius 3 is 2.71 bits per heavy atom. The first-order chi connectivity index (χ1) is 8.11. The lowest BCUT2D eigenvalue weighted by molar-refractivity contribution is -0.118. The summed E-state index contributed by atoms with van der Waals surface area (Å²) in [6.45, 7) is 7.42. The van der Waals surface area contributed by atoms with Gasteiger partial charge in [0.1, 0.15) is 5.82 Å². The van der Waals surface area contributed by atoms with E-state index in [4.69, 9.17) is 0 Å². The van der Waals surface area contributed by atoms with Gasteiger partial charge in [0.15, 0.2) is 0 Å². The van der Waals surface area contributed by atoms with Crippen molar-refractivity contribution in [3.05, 3.63) is 11.8 Å². The lowest BCUT2D eigenvalue weighted by atomic mass is 10.4. The van der Waals surface area contributed by atoms with Crippen LogP contribution in [0.5, 0.6) is 0 Å². The Kier molecular flexibility index (Phi) is 5.19. The topological polar surface area (TPSA) is 78.9 Å². The summed E-state index contributed by atoms with van der Waals surface area (Å²) in [6, 6.07) is 1.87. The van der Waals surface area contributed by atoms with Gasteiger partial charge in [-0.05, 0) is 13.8 Å². The molecule has 1 aromatic heterocycles. The molecule has 0 unspecified atom stereocenters. The third kappa shape index (κ3) is 5.14. The maximum atomic E-state index is 10.7. The number of amides is 1. The number of anilines is 2. The summed E-state index contributed by atoms with van der Waals surface area (Å²) in [5, 5.41) is 8.91. The van der Waals surface area contributed by atoms with E-state index in [-0.39, 0.29) is 5.91 Å². The number of hydrogen-bond acceptors (Lipinski definition) is 5. The number of aromatic nitrogens is 2. The molecule has 0 saturated carbocycles. The Morgan fingerprint density at radius 1 is 1.29 bits per heavy atom. The van der Waals surface area contributed by atoms with Gasteiger partial charge in [-0.25, -0.2) is 4.98 Å². The molecule has 94 valence electrons. The van der Waals surface area contributed by atoms with E-state index < -0.39 is 0 Å². The lowest BCUT2D eigenvalue weighted by Crippen LogP contribution is -2.26. The second-order valence-electron chi connectivity index (χ2n) is 3.66. The van der Waals surface area contributed by atoms with Crippen LogP contribution in [0.2, 0.25) is 0 Å². The average Bonchev–Trinajstić information content (AvgIpc) is 2.24. The number of carbonyl (C=O) groups excluding carboxylic acids is 1. The lowest BCUT2D eigenvalue weighted by Gasteiger charge is -2.09. The molecule has 17 heavy (non-hydrogen) atoms. The molecule has 0 radical (unpaired) electrons. The average molecular weight is 237 g/mol. The van der Waals surface area contributed by atoms with Crippen LogP contribution in [0.4, 0.5) is 11.8 Å². The van der Waals surface area contributed by atoms with Crippen LogP contribution < -0.4 is 16.0 Å². The molecule has 3 N–H and O–H groups in total. The molecular weight excluding hydrogens is 218 g/mol. The molecule has 1 rings (SSSR count). The molecule has 6 nitrogen and oxygen atoms in total. The monoisotopic (exact) mass is 237 g/mol. The van der Waals surface area contributed by atoms with Crippen molar-refractivity contribution in [2.24, 2.45) is 0 Å². The van der Waals surface area contributed by atoms with E-state index in [1.165, 1.54) is 6.92 Å². The van der Waals surface area contributed by atoms with Crippen LogP contribution in [-0.2, 0) is 4.79 Å². The minimum Gasteiger partial charge on any atom is -0.368 e. The van der Waals surface area contributed by atoms with Crippen LogP contribution >= 0.6 is 0 Å².